The van der Waals surface area contributed by atoms with E-state index in [0.717, 1.165) is 0 Å². The number of aromatic amines is 1. The predicted octanol–water partition coefficient (Wildman–Crippen LogP) is -1.26. The Kier molecular flexibility index (Phi) is 4.08. The molecule has 2 aromatic heterocycles. The third kappa shape index (κ3) is 2.37. The molecule has 128 valence electrons. The maximum absolute atomic E-state index is 10.5. The summed E-state index contributed by atoms with van der Waals surface area (Å²) in [5.74, 6) is 0.194. The molecule has 0 bridgehead atoms. The summed E-state index contributed by atoms with van der Waals surface area (Å²) < 4.78 is 5.50. The van der Waals surface area contributed by atoms with E-state index in [2.05, 4.69) is 25.6 Å². The Morgan fingerprint density at radius 3 is 2.83 bits per heavy atom. The molecule has 3 rings (SSSR count). The van der Waals surface area contributed by atoms with Gasteiger partial charge in [-0.2, -0.15) is 10.4 Å². The number of rotatable bonds is 4. The molecule has 5 N–H and O–H groups in total. The van der Waals surface area contributed by atoms with Crippen molar-refractivity contribution >= 4 is 16.9 Å². The molecule has 0 saturated carbocycles. The van der Waals surface area contributed by atoms with Crippen molar-refractivity contribution in [3.63, 3.8) is 0 Å². The Labute approximate surface area is 135 Å². The molecule has 0 radical (unpaired) electrons. The molecule has 4 atom stereocenters. The molecule has 24 heavy (non-hydrogen) atoms. The van der Waals surface area contributed by atoms with Gasteiger partial charge in [0, 0.05) is 0 Å². The number of aliphatic hydroxyl groups excluding tert-OH is 2. The monoisotopic (exact) mass is 336 g/mol. The first-order valence-corrected chi connectivity index (χ1v) is 7.05. The summed E-state index contributed by atoms with van der Waals surface area (Å²) in [5, 5.41) is 45.7. The topological polar surface area (TPSA) is 169 Å². The van der Waals surface area contributed by atoms with Crippen LogP contribution in [0.5, 0.6) is 0 Å². The number of nitriles is 1. The maximum atomic E-state index is 10.5. The average Bonchev–Trinajstić information content (AvgIpc) is 3.07. The number of nitrogens with one attached hydrogen (secondary N) is 2. The number of hydrogen-bond donors (Lipinski definition) is 5. The van der Waals surface area contributed by atoms with Crippen LogP contribution < -0.4 is 5.48 Å². The van der Waals surface area contributed by atoms with Crippen molar-refractivity contribution in [3.8, 4) is 6.07 Å². The Hall–Kier alpha value is -2.36. The largest absolute Gasteiger partial charge is 0.394 e. The normalized spacial score (nSPS) is 29.8. The Balaban J connectivity index is 2.12. The van der Waals surface area contributed by atoms with E-state index in [9.17, 15) is 15.3 Å². The standard InChI is InChI=1S/C13H16N6O5/c1-13(22)8(21)6(4-20)24-9(13)12-15-10-7(5(3-14)17-18-10)11(16-12)19-23-2/h6,8-9,20-22H,4H2,1-2H3,(H2,15,16,17,18,19)/t6-,8-,9+,13-/m1/s1. The number of anilines is 1. The number of H-pyrrole nitrogens is 1. The van der Waals surface area contributed by atoms with Gasteiger partial charge in [0.05, 0.1) is 13.7 Å². The highest BCUT2D eigenvalue weighted by atomic mass is 16.6. The maximum Gasteiger partial charge on any atom is 0.175 e. The quantitative estimate of drug-likeness (QED) is 0.425. The van der Waals surface area contributed by atoms with Gasteiger partial charge in [0.2, 0.25) is 0 Å². The highest BCUT2D eigenvalue weighted by Gasteiger charge is 2.53. The number of nitrogens with zero attached hydrogens (tertiary/aromatic N) is 4. The molecule has 1 aliphatic rings. The van der Waals surface area contributed by atoms with Gasteiger partial charge >= 0.3 is 0 Å². The smallest absolute Gasteiger partial charge is 0.175 e. The molecule has 11 heteroatoms. The summed E-state index contributed by atoms with van der Waals surface area (Å²) >= 11 is 0. The molecule has 2 aromatic rings. The van der Waals surface area contributed by atoms with Crippen LogP contribution in [0.4, 0.5) is 5.82 Å². The molecule has 1 aliphatic heterocycles. The van der Waals surface area contributed by atoms with Crippen LogP contribution in [0.2, 0.25) is 0 Å². The van der Waals surface area contributed by atoms with Crippen LogP contribution >= 0.6 is 0 Å². The summed E-state index contributed by atoms with van der Waals surface area (Å²) in [7, 11) is 1.37. The van der Waals surface area contributed by atoms with Crippen LogP contribution in [-0.2, 0) is 9.57 Å². The van der Waals surface area contributed by atoms with Gasteiger partial charge in [-0.25, -0.2) is 15.4 Å². The molecule has 0 unspecified atom stereocenters. The molecule has 11 nitrogen and oxygen atoms in total. The molecular formula is C13H16N6O5. The highest BCUT2D eigenvalue weighted by molar-refractivity contribution is 5.90. The van der Waals surface area contributed by atoms with Crippen LogP contribution in [0.3, 0.4) is 0 Å². The van der Waals surface area contributed by atoms with Gasteiger partial charge in [0.1, 0.15) is 35.4 Å². The lowest BCUT2D eigenvalue weighted by Crippen LogP contribution is -2.43. The number of aromatic nitrogens is 4. The van der Waals surface area contributed by atoms with E-state index in [4.69, 9.17) is 14.8 Å². The van der Waals surface area contributed by atoms with Gasteiger partial charge in [0.15, 0.2) is 23.0 Å². The lowest BCUT2D eigenvalue weighted by atomic mass is 9.92. The van der Waals surface area contributed by atoms with Crippen molar-refractivity contribution in [3.05, 3.63) is 11.5 Å². The zero-order valence-corrected chi connectivity index (χ0v) is 12.9. The summed E-state index contributed by atoms with van der Waals surface area (Å²) in [5.41, 5.74) is 1.12. The van der Waals surface area contributed by atoms with Gasteiger partial charge < -0.3 is 20.1 Å². The summed E-state index contributed by atoms with van der Waals surface area (Å²) in [4.78, 5) is 13.3. The molecule has 1 fully saturated rings. The first-order valence-electron chi connectivity index (χ1n) is 7.05. The number of fused-ring (bicyclic) bond motifs is 1. The van der Waals surface area contributed by atoms with Crippen molar-refractivity contribution in [1.82, 2.24) is 20.2 Å². The zero-order chi connectivity index (χ0) is 17.5. The van der Waals surface area contributed by atoms with E-state index in [1.54, 1.807) is 0 Å². The van der Waals surface area contributed by atoms with Crippen molar-refractivity contribution in [2.45, 2.75) is 30.8 Å². The summed E-state index contributed by atoms with van der Waals surface area (Å²) in [6, 6.07) is 1.91. The minimum absolute atomic E-state index is 0.0372. The zero-order valence-electron chi connectivity index (χ0n) is 12.9. The first kappa shape index (κ1) is 16.5. The fraction of sp³-hybridized carbons (Fsp3) is 0.538. The fourth-order valence-electron chi connectivity index (χ4n) is 2.70. The minimum atomic E-state index is -1.72. The first-order chi connectivity index (χ1) is 11.4. The van der Waals surface area contributed by atoms with Crippen LogP contribution in [0.15, 0.2) is 0 Å². The Morgan fingerprint density at radius 2 is 2.25 bits per heavy atom. The highest BCUT2D eigenvalue weighted by Crippen LogP contribution is 2.41. The van der Waals surface area contributed by atoms with E-state index >= 15 is 0 Å². The fourth-order valence-corrected chi connectivity index (χ4v) is 2.70. The van der Waals surface area contributed by atoms with Gasteiger partial charge in [-0.15, -0.1) is 0 Å². The van der Waals surface area contributed by atoms with E-state index in [-0.39, 0.29) is 23.0 Å². The number of hydrogen-bond acceptors (Lipinski definition) is 10. The van der Waals surface area contributed by atoms with E-state index in [1.807, 2.05) is 6.07 Å². The molecule has 3 heterocycles. The average molecular weight is 336 g/mol. The second-order valence-corrected chi connectivity index (χ2v) is 5.55. The Bertz CT molecular complexity index is 800. The SMILES string of the molecule is CONc1nc([C@@H]2O[C@H](CO)[C@@H](O)[C@@]2(C)O)nc2[nH]nc(C#N)c12. The van der Waals surface area contributed by atoms with E-state index in [1.165, 1.54) is 14.0 Å². The van der Waals surface area contributed by atoms with Crippen molar-refractivity contribution in [2.24, 2.45) is 0 Å². The van der Waals surface area contributed by atoms with Crippen LogP contribution in [0.1, 0.15) is 24.5 Å². The summed E-state index contributed by atoms with van der Waals surface area (Å²) in [6.07, 6.45) is -3.39. The van der Waals surface area contributed by atoms with Gasteiger partial charge in [-0.3, -0.25) is 9.94 Å². The van der Waals surface area contributed by atoms with E-state index in [0.29, 0.717) is 5.39 Å². The van der Waals surface area contributed by atoms with Crippen molar-refractivity contribution in [1.29, 1.82) is 5.26 Å². The van der Waals surface area contributed by atoms with Crippen LogP contribution in [-0.4, -0.2) is 67.0 Å². The lowest BCUT2D eigenvalue weighted by Gasteiger charge is -2.25. The third-order valence-corrected chi connectivity index (χ3v) is 3.95. The summed E-state index contributed by atoms with van der Waals surface area (Å²) in [6.45, 7) is 0.893. The molecule has 0 aliphatic carbocycles. The Morgan fingerprint density at radius 1 is 1.50 bits per heavy atom. The molecule has 0 spiro atoms. The van der Waals surface area contributed by atoms with Crippen LogP contribution in [0.25, 0.3) is 11.0 Å². The van der Waals surface area contributed by atoms with Crippen LogP contribution in [0, 0.1) is 11.3 Å². The lowest BCUT2D eigenvalue weighted by molar-refractivity contribution is -0.0673. The number of ether oxygens (including phenoxy) is 1. The second-order valence-electron chi connectivity index (χ2n) is 5.55. The van der Waals surface area contributed by atoms with Gasteiger partial charge in [-0.1, -0.05) is 0 Å². The molecular weight excluding hydrogens is 320 g/mol. The second kappa shape index (κ2) is 5.93. The van der Waals surface area contributed by atoms with Gasteiger partial charge in [-0.05, 0) is 6.92 Å². The van der Waals surface area contributed by atoms with Crippen molar-refractivity contribution in [2.75, 3.05) is 19.2 Å². The number of aliphatic hydroxyl groups is 3. The predicted molar refractivity (Wildman–Crippen MR) is 78.4 cm³/mol. The molecule has 0 amide bonds. The minimum Gasteiger partial charge on any atom is -0.394 e. The molecule has 0 aromatic carbocycles. The molecule has 1 saturated heterocycles. The van der Waals surface area contributed by atoms with E-state index < -0.39 is 30.5 Å². The third-order valence-electron chi connectivity index (χ3n) is 3.95. The van der Waals surface area contributed by atoms with Gasteiger partial charge in [0.25, 0.3) is 0 Å². The van der Waals surface area contributed by atoms with Crippen molar-refractivity contribution < 1.29 is 24.9 Å².